The molecule has 4 saturated heterocycles. The number of ether oxygens (including phenoxy) is 2. The van der Waals surface area contributed by atoms with Gasteiger partial charge in [0, 0.05) is 18.5 Å². The Kier molecular flexibility index (Phi) is 3.14. The second-order valence-corrected chi connectivity index (χ2v) is 8.90. The van der Waals surface area contributed by atoms with E-state index < -0.39 is 17.3 Å². The number of carbonyl (C=O) groups excluding carboxylic acids is 1. The molecule has 0 aromatic heterocycles. The third-order valence-corrected chi connectivity index (χ3v) is 7.73. The molecule has 1 amide bonds. The van der Waals surface area contributed by atoms with Gasteiger partial charge in [-0.05, 0) is 62.9 Å². The van der Waals surface area contributed by atoms with Crippen molar-refractivity contribution in [1.82, 2.24) is 0 Å². The third kappa shape index (κ3) is 1.70. The lowest BCUT2D eigenvalue weighted by Gasteiger charge is -2.44. The Hall–Kier alpha value is -1.43. The van der Waals surface area contributed by atoms with E-state index in [1.165, 1.54) is 16.7 Å². The van der Waals surface area contributed by atoms with Crippen molar-refractivity contribution < 1.29 is 19.4 Å². The lowest BCUT2D eigenvalue weighted by molar-refractivity contribution is -0.163. The first-order valence-electron chi connectivity index (χ1n) is 9.61. The summed E-state index contributed by atoms with van der Waals surface area (Å²) in [5, 5.41) is 10.7. The lowest BCUT2D eigenvalue weighted by atomic mass is 9.65. The number of benzene rings is 1. The Bertz CT molecular complexity index is 836. The molecule has 5 nitrogen and oxygen atoms in total. The van der Waals surface area contributed by atoms with E-state index in [-0.39, 0.29) is 24.0 Å². The normalized spacial score (nSPS) is 43.3. The SMILES string of the molecule is Cc1cc(N2C(=O)[C@H]3[C@H]4[C@@H]2OCC[C@@]42O[C@]3(C)C[C@H]2O)c(C)c(C)c1C. The smallest absolute Gasteiger partial charge is 0.235 e. The Balaban J connectivity index is 1.68. The van der Waals surface area contributed by atoms with Crippen molar-refractivity contribution in [2.75, 3.05) is 11.5 Å². The van der Waals surface area contributed by atoms with Gasteiger partial charge in [-0.2, -0.15) is 0 Å². The molecule has 4 fully saturated rings. The lowest BCUT2D eigenvalue weighted by Crippen LogP contribution is -2.57. The van der Waals surface area contributed by atoms with E-state index in [4.69, 9.17) is 9.47 Å². The molecule has 5 heteroatoms. The Labute approximate surface area is 154 Å². The summed E-state index contributed by atoms with van der Waals surface area (Å²) in [4.78, 5) is 15.4. The van der Waals surface area contributed by atoms with E-state index in [9.17, 15) is 9.90 Å². The van der Waals surface area contributed by atoms with Gasteiger partial charge in [-0.25, -0.2) is 0 Å². The molecule has 1 N–H and O–H groups in total. The maximum Gasteiger partial charge on any atom is 0.235 e. The van der Waals surface area contributed by atoms with Crippen molar-refractivity contribution in [2.45, 2.75) is 71.0 Å². The van der Waals surface area contributed by atoms with Gasteiger partial charge in [0.2, 0.25) is 5.91 Å². The van der Waals surface area contributed by atoms with Gasteiger partial charge >= 0.3 is 0 Å². The van der Waals surface area contributed by atoms with Gasteiger partial charge in [0.05, 0.1) is 30.1 Å². The van der Waals surface area contributed by atoms with Gasteiger partial charge in [-0.15, -0.1) is 0 Å². The number of aryl methyl sites for hydroxylation is 1. The van der Waals surface area contributed by atoms with Crippen molar-refractivity contribution in [3.05, 3.63) is 28.3 Å². The van der Waals surface area contributed by atoms with Gasteiger partial charge in [0.25, 0.3) is 0 Å². The number of aliphatic hydroxyl groups is 1. The van der Waals surface area contributed by atoms with Gasteiger partial charge in [-0.3, -0.25) is 9.69 Å². The van der Waals surface area contributed by atoms with Crippen LogP contribution < -0.4 is 4.90 Å². The van der Waals surface area contributed by atoms with Crippen molar-refractivity contribution >= 4 is 11.6 Å². The highest BCUT2D eigenvalue weighted by Crippen LogP contribution is 2.65. The molecule has 4 heterocycles. The summed E-state index contributed by atoms with van der Waals surface area (Å²) in [6.07, 6.45) is 0.326. The third-order valence-electron chi connectivity index (χ3n) is 7.73. The van der Waals surface area contributed by atoms with Crippen LogP contribution in [0, 0.1) is 39.5 Å². The maximum atomic E-state index is 13.6. The van der Waals surface area contributed by atoms with Crippen LogP contribution in [0.1, 0.15) is 42.0 Å². The molecule has 6 atom stereocenters. The van der Waals surface area contributed by atoms with Gasteiger partial charge in [-0.1, -0.05) is 0 Å². The predicted octanol–water partition coefficient (Wildman–Crippen LogP) is 2.54. The van der Waals surface area contributed by atoms with Crippen molar-refractivity contribution in [3.63, 3.8) is 0 Å². The summed E-state index contributed by atoms with van der Waals surface area (Å²) in [6, 6.07) is 2.11. The van der Waals surface area contributed by atoms with E-state index in [0.29, 0.717) is 19.4 Å². The van der Waals surface area contributed by atoms with Crippen LogP contribution in [-0.2, 0) is 14.3 Å². The molecule has 1 aromatic carbocycles. The minimum atomic E-state index is -0.630. The Morgan fingerprint density at radius 2 is 1.92 bits per heavy atom. The maximum absolute atomic E-state index is 13.6. The first kappa shape index (κ1) is 16.7. The number of nitrogens with zero attached hydrogens (tertiary/aromatic N) is 1. The summed E-state index contributed by atoms with van der Waals surface area (Å²) in [7, 11) is 0. The molecule has 26 heavy (non-hydrogen) atoms. The van der Waals surface area contributed by atoms with Crippen LogP contribution in [0.5, 0.6) is 0 Å². The zero-order valence-corrected chi connectivity index (χ0v) is 16.1. The minimum absolute atomic E-state index is 0.0870. The Morgan fingerprint density at radius 1 is 1.19 bits per heavy atom. The fourth-order valence-electron chi connectivity index (χ4n) is 6.10. The van der Waals surface area contributed by atoms with Gasteiger partial charge in [0.15, 0.2) is 0 Å². The largest absolute Gasteiger partial charge is 0.390 e. The number of carbonyl (C=O) groups is 1. The molecule has 1 aromatic rings. The summed E-state index contributed by atoms with van der Waals surface area (Å²) >= 11 is 0. The summed E-state index contributed by atoms with van der Waals surface area (Å²) in [5.41, 5.74) is 4.53. The number of hydrogen-bond donors (Lipinski definition) is 1. The molecule has 2 bridgehead atoms. The standard InChI is InChI=1S/C21H27NO4/c1-10-8-14(13(4)12(3)11(10)2)22-18(24)16-17-19(22)25-7-6-21(17)15(23)9-20(16,5)26-21/h8,15-17,19,23H,6-7,9H2,1-5H3/t15-,16-,17+,19+,20-,21+/m1/s1. The quantitative estimate of drug-likeness (QED) is 0.839. The van der Waals surface area contributed by atoms with Crippen LogP contribution in [0.15, 0.2) is 6.07 Å². The van der Waals surface area contributed by atoms with E-state index in [1.54, 1.807) is 0 Å². The average Bonchev–Trinajstić information content (AvgIpc) is 3.13. The van der Waals surface area contributed by atoms with Crippen LogP contribution in [0.3, 0.4) is 0 Å². The summed E-state index contributed by atoms with van der Waals surface area (Å²) in [6.45, 7) is 10.9. The fourth-order valence-corrected chi connectivity index (χ4v) is 6.10. The predicted molar refractivity (Wildman–Crippen MR) is 97.1 cm³/mol. The number of hydrogen-bond acceptors (Lipinski definition) is 4. The number of amides is 1. The van der Waals surface area contributed by atoms with Crippen molar-refractivity contribution in [1.29, 1.82) is 0 Å². The van der Waals surface area contributed by atoms with Gasteiger partial charge < -0.3 is 14.6 Å². The highest BCUT2D eigenvalue weighted by Gasteiger charge is 2.78. The van der Waals surface area contributed by atoms with Crippen LogP contribution in [-0.4, -0.2) is 41.2 Å². The number of fused-ring (bicyclic) bond motifs is 2. The van der Waals surface area contributed by atoms with Crippen molar-refractivity contribution in [2.24, 2.45) is 11.8 Å². The molecule has 0 aliphatic carbocycles. The molecular formula is C21H27NO4. The molecule has 4 aliphatic heterocycles. The topological polar surface area (TPSA) is 59.0 Å². The molecule has 0 radical (unpaired) electrons. The van der Waals surface area contributed by atoms with Gasteiger partial charge in [0.1, 0.15) is 11.8 Å². The number of aliphatic hydroxyl groups excluding tert-OH is 1. The fraction of sp³-hybridized carbons (Fsp3) is 0.667. The molecule has 1 spiro atoms. The molecule has 0 unspecified atom stereocenters. The van der Waals surface area contributed by atoms with Crippen molar-refractivity contribution in [3.8, 4) is 0 Å². The van der Waals surface area contributed by atoms with E-state index in [0.717, 1.165) is 11.3 Å². The van der Waals surface area contributed by atoms with E-state index >= 15 is 0 Å². The summed E-state index contributed by atoms with van der Waals surface area (Å²) in [5.74, 6) is -0.250. The van der Waals surface area contributed by atoms with E-state index in [1.807, 2.05) is 11.8 Å². The average molecular weight is 357 g/mol. The molecule has 140 valence electrons. The van der Waals surface area contributed by atoms with E-state index in [2.05, 4.69) is 33.8 Å². The second kappa shape index (κ2) is 4.89. The first-order chi connectivity index (χ1) is 12.2. The molecule has 4 aliphatic rings. The second-order valence-electron chi connectivity index (χ2n) is 8.90. The van der Waals surface area contributed by atoms with Crippen LogP contribution in [0.2, 0.25) is 0 Å². The first-order valence-corrected chi connectivity index (χ1v) is 9.61. The minimum Gasteiger partial charge on any atom is -0.390 e. The molecule has 0 saturated carbocycles. The Morgan fingerprint density at radius 3 is 2.65 bits per heavy atom. The number of rotatable bonds is 1. The monoisotopic (exact) mass is 357 g/mol. The van der Waals surface area contributed by atoms with Crippen LogP contribution >= 0.6 is 0 Å². The van der Waals surface area contributed by atoms with Crippen LogP contribution in [0.25, 0.3) is 0 Å². The zero-order valence-electron chi connectivity index (χ0n) is 16.1. The highest BCUT2D eigenvalue weighted by atomic mass is 16.6. The zero-order chi connectivity index (χ0) is 18.6. The highest BCUT2D eigenvalue weighted by molar-refractivity contribution is 6.00. The molecule has 5 rings (SSSR count). The number of anilines is 1. The molecular weight excluding hydrogens is 330 g/mol. The summed E-state index contributed by atoms with van der Waals surface area (Å²) < 4.78 is 12.5. The van der Waals surface area contributed by atoms with Crippen LogP contribution in [0.4, 0.5) is 5.69 Å².